The Kier molecular flexibility index (Phi) is 5.76. The molecule has 0 bridgehead atoms. The highest BCUT2D eigenvalue weighted by atomic mass is 16.4. The van der Waals surface area contributed by atoms with Gasteiger partial charge in [0.25, 0.3) is 0 Å². The summed E-state index contributed by atoms with van der Waals surface area (Å²) in [6.45, 7) is 8.42. The van der Waals surface area contributed by atoms with Crippen LogP contribution in [-0.2, 0) is 4.79 Å². The first-order valence-corrected chi connectivity index (χ1v) is 7.86. The second kappa shape index (κ2) is 7.57. The number of benzene rings is 1. The maximum atomic E-state index is 11.2. The van der Waals surface area contributed by atoms with E-state index in [1.54, 1.807) is 0 Å². The van der Waals surface area contributed by atoms with E-state index in [4.69, 9.17) is 0 Å². The number of carbonyl (C=O) groups is 1. The topological polar surface area (TPSA) is 43.8 Å². The van der Waals surface area contributed by atoms with E-state index in [1.165, 1.54) is 0 Å². The van der Waals surface area contributed by atoms with E-state index in [2.05, 4.69) is 23.6 Å². The molecule has 1 saturated heterocycles. The number of carboxylic acids is 1. The molecule has 0 aromatic heterocycles. The van der Waals surface area contributed by atoms with Gasteiger partial charge in [-0.05, 0) is 18.9 Å². The van der Waals surface area contributed by atoms with Crippen molar-refractivity contribution in [3.8, 4) is 0 Å². The molecule has 21 heavy (non-hydrogen) atoms. The molecule has 0 amide bonds. The molecule has 1 N–H and O–H groups in total. The summed E-state index contributed by atoms with van der Waals surface area (Å²) in [6, 6.07) is 10.6. The van der Waals surface area contributed by atoms with Crippen LogP contribution in [0.15, 0.2) is 30.3 Å². The van der Waals surface area contributed by atoms with E-state index in [1.807, 2.05) is 30.3 Å². The SMILES string of the molecule is CCC(C)N1CCN(C(CC(=O)O)c2ccccc2)CC1. The first-order valence-electron chi connectivity index (χ1n) is 7.86. The Hall–Kier alpha value is -1.39. The summed E-state index contributed by atoms with van der Waals surface area (Å²) in [7, 11) is 0. The van der Waals surface area contributed by atoms with Crippen LogP contribution in [0.2, 0.25) is 0 Å². The van der Waals surface area contributed by atoms with E-state index < -0.39 is 5.97 Å². The Morgan fingerprint density at radius 3 is 2.24 bits per heavy atom. The molecule has 2 unspecified atom stereocenters. The van der Waals surface area contributed by atoms with Crippen LogP contribution in [0.1, 0.15) is 38.3 Å². The van der Waals surface area contributed by atoms with Crippen LogP contribution in [-0.4, -0.2) is 53.1 Å². The molecule has 1 heterocycles. The molecule has 2 rings (SSSR count). The van der Waals surface area contributed by atoms with Crippen molar-refractivity contribution in [2.24, 2.45) is 0 Å². The van der Waals surface area contributed by atoms with Crippen LogP contribution >= 0.6 is 0 Å². The molecular weight excluding hydrogens is 264 g/mol. The van der Waals surface area contributed by atoms with Crippen LogP contribution < -0.4 is 0 Å². The van der Waals surface area contributed by atoms with Gasteiger partial charge in [0, 0.05) is 38.3 Å². The highest BCUT2D eigenvalue weighted by Crippen LogP contribution is 2.26. The van der Waals surface area contributed by atoms with Gasteiger partial charge in [-0.2, -0.15) is 0 Å². The zero-order chi connectivity index (χ0) is 15.2. The second-order valence-electron chi connectivity index (χ2n) is 5.85. The minimum absolute atomic E-state index is 0.0113. The van der Waals surface area contributed by atoms with Gasteiger partial charge < -0.3 is 5.11 Å². The molecule has 2 atom stereocenters. The summed E-state index contributed by atoms with van der Waals surface area (Å²) in [5.74, 6) is -0.729. The molecule has 1 aromatic rings. The fraction of sp³-hybridized carbons (Fsp3) is 0.588. The highest BCUT2D eigenvalue weighted by Gasteiger charge is 2.27. The lowest BCUT2D eigenvalue weighted by molar-refractivity contribution is -0.138. The number of piperazine rings is 1. The maximum Gasteiger partial charge on any atom is 0.305 e. The quantitative estimate of drug-likeness (QED) is 0.874. The largest absolute Gasteiger partial charge is 0.481 e. The fourth-order valence-electron chi connectivity index (χ4n) is 3.05. The third-order valence-electron chi connectivity index (χ3n) is 4.56. The van der Waals surface area contributed by atoms with Crippen molar-refractivity contribution in [3.05, 3.63) is 35.9 Å². The van der Waals surface area contributed by atoms with Crippen molar-refractivity contribution < 1.29 is 9.90 Å². The van der Waals surface area contributed by atoms with E-state index >= 15 is 0 Å². The molecule has 4 heteroatoms. The number of aliphatic carboxylic acids is 1. The Labute approximate surface area is 127 Å². The molecule has 4 nitrogen and oxygen atoms in total. The normalized spacial score (nSPS) is 20.1. The van der Waals surface area contributed by atoms with E-state index in [0.717, 1.165) is 38.2 Å². The second-order valence-corrected chi connectivity index (χ2v) is 5.85. The molecule has 0 radical (unpaired) electrons. The van der Waals surface area contributed by atoms with E-state index in [-0.39, 0.29) is 12.5 Å². The lowest BCUT2D eigenvalue weighted by Crippen LogP contribution is -2.50. The summed E-state index contributed by atoms with van der Waals surface area (Å²) in [6.07, 6.45) is 1.34. The summed E-state index contributed by atoms with van der Waals surface area (Å²) in [5.41, 5.74) is 1.11. The van der Waals surface area contributed by atoms with E-state index in [9.17, 15) is 9.90 Å². The van der Waals surface area contributed by atoms with Crippen LogP contribution in [0.25, 0.3) is 0 Å². The minimum atomic E-state index is -0.729. The molecular formula is C17H26N2O2. The van der Waals surface area contributed by atoms with Gasteiger partial charge in [0.1, 0.15) is 0 Å². The Morgan fingerprint density at radius 2 is 1.71 bits per heavy atom. The van der Waals surface area contributed by atoms with Crippen LogP contribution in [0, 0.1) is 0 Å². The third-order valence-corrected chi connectivity index (χ3v) is 4.56. The standard InChI is InChI=1S/C17H26N2O2/c1-3-14(2)18-9-11-19(12-10-18)16(13-17(20)21)15-7-5-4-6-8-15/h4-8,14,16H,3,9-13H2,1-2H3,(H,20,21). The monoisotopic (exact) mass is 290 g/mol. The van der Waals surface area contributed by atoms with Crippen molar-refractivity contribution >= 4 is 5.97 Å². The number of rotatable bonds is 6. The number of carboxylic acid groups (broad SMARTS) is 1. The number of hydrogen-bond donors (Lipinski definition) is 1. The van der Waals surface area contributed by atoms with Crippen LogP contribution in [0.4, 0.5) is 0 Å². The zero-order valence-electron chi connectivity index (χ0n) is 13.0. The Morgan fingerprint density at radius 1 is 1.14 bits per heavy atom. The van der Waals surface area contributed by atoms with Gasteiger partial charge in [-0.15, -0.1) is 0 Å². The molecule has 1 aromatic carbocycles. The molecule has 0 saturated carbocycles. The lowest BCUT2D eigenvalue weighted by Gasteiger charge is -2.41. The summed E-state index contributed by atoms with van der Waals surface area (Å²) in [4.78, 5) is 16.0. The maximum absolute atomic E-state index is 11.2. The fourth-order valence-corrected chi connectivity index (χ4v) is 3.05. The van der Waals surface area contributed by atoms with Crippen molar-refractivity contribution in [2.45, 2.75) is 38.8 Å². The molecule has 1 aliphatic heterocycles. The Balaban J connectivity index is 2.04. The van der Waals surface area contributed by atoms with Crippen molar-refractivity contribution in [2.75, 3.05) is 26.2 Å². The van der Waals surface area contributed by atoms with Crippen molar-refractivity contribution in [1.29, 1.82) is 0 Å². The average molecular weight is 290 g/mol. The molecule has 116 valence electrons. The van der Waals surface area contributed by atoms with Crippen LogP contribution in [0.3, 0.4) is 0 Å². The summed E-state index contributed by atoms with van der Waals surface area (Å²) in [5, 5.41) is 9.22. The average Bonchev–Trinajstić information content (AvgIpc) is 2.53. The third kappa shape index (κ3) is 4.29. The minimum Gasteiger partial charge on any atom is -0.481 e. The smallest absolute Gasteiger partial charge is 0.305 e. The van der Waals surface area contributed by atoms with E-state index in [0.29, 0.717) is 6.04 Å². The lowest BCUT2D eigenvalue weighted by atomic mass is 10.0. The number of hydrogen-bond acceptors (Lipinski definition) is 3. The van der Waals surface area contributed by atoms with Gasteiger partial charge in [-0.1, -0.05) is 37.3 Å². The molecule has 0 spiro atoms. The van der Waals surface area contributed by atoms with Crippen LogP contribution in [0.5, 0.6) is 0 Å². The predicted molar refractivity (Wildman–Crippen MR) is 84.3 cm³/mol. The predicted octanol–water partition coefficient (Wildman–Crippen LogP) is 2.62. The van der Waals surface area contributed by atoms with Gasteiger partial charge in [0.15, 0.2) is 0 Å². The summed E-state index contributed by atoms with van der Waals surface area (Å²) < 4.78 is 0. The molecule has 1 fully saturated rings. The highest BCUT2D eigenvalue weighted by molar-refractivity contribution is 5.68. The zero-order valence-corrected chi connectivity index (χ0v) is 13.0. The van der Waals surface area contributed by atoms with Gasteiger partial charge in [0.05, 0.1) is 6.42 Å². The van der Waals surface area contributed by atoms with Gasteiger partial charge in [-0.3, -0.25) is 14.6 Å². The van der Waals surface area contributed by atoms with Gasteiger partial charge in [0.2, 0.25) is 0 Å². The summed E-state index contributed by atoms with van der Waals surface area (Å²) >= 11 is 0. The number of nitrogens with zero attached hydrogens (tertiary/aromatic N) is 2. The molecule has 1 aliphatic rings. The molecule has 0 aliphatic carbocycles. The van der Waals surface area contributed by atoms with Gasteiger partial charge in [-0.25, -0.2) is 0 Å². The van der Waals surface area contributed by atoms with Crippen molar-refractivity contribution in [1.82, 2.24) is 9.80 Å². The first-order chi connectivity index (χ1) is 10.1. The van der Waals surface area contributed by atoms with Gasteiger partial charge >= 0.3 is 5.97 Å². The van der Waals surface area contributed by atoms with Crippen molar-refractivity contribution in [3.63, 3.8) is 0 Å². The first kappa shape index (κ1) is 16.0. The Bertz CT molecular complexity index is 441.